The van der Waals surface area contributed by atoms with Gasteiger partial charge in [0.25, 0.3) is 0 Å². The first-order valence-corrected chi connectivity index (χ1v) is 3.39. The molecule has 0 fully saturated rings. The van der Waals surface area contributed by atoms with Crippen LogP contribution in [-0.2, 0) is 6.61 Å². The molecule has 1 aromatic heterocycles. The highest BCUT2D eigenvalue weighted by Gasteiger charge is 2.01. The third kappa shape index (κ3) is 1.34. The second kappa shape index (κ2) is 2.54. The van der Waals surface area contributed by atoms with E-state index >= 15 is 0 Å². The van der Waals surface area contributed by atoms with Crippen LogP contribution in [0, 0.1) is 6.92 Å². The Morgan fingerprint density at radius 1 is 1.78 bits per heavy atom. The van der Waals surface area contributed by atoms with Crippen molar-refractivity contribution in [2.45, 2.75) is 13.5 Å². The Balaban J connectivity index is 2.98. The zero-order chi connectivity index (χ0) is 6.85. The summed E-state index contributed by atoms with van der Waals surface area (Å²) >= 11 is 3.25. The van der Waals surface area contributed by atoms with Crippen LogP contribution in [0.15, 0.2) is 15.0 Å². The summed E-state index contributed by atoms with van der Waals surface area (Å²) < 4.78 is 5.98. The van der Waals surface area contributed by atoms with E-state index in [4.69, 9.17) is 9.52 Å². The average molecular weight is 191 g/mol. The molecule has 0 aliphatic carbocycles. The van der Waals surface area contributed by atoms with Gasteiger partial charge in [-0.05, 0) is 28.9 Å². The van der Waals surface area contributed by atoms with Crippen LogP contribution in [0.1, 0.15) is 11.5 Å². The first-order valence-electron chi connectivity index (χ1n) is 2.59. The molecule has 0 aliphatic heterocycles. The molecule has 50 valence electrons. The molecule has 0 amide bonds. The number of furan rings is 1. The van der Waals surface area contributed by atoms with Crippen molar-refractivity contribution in [2.75, 3.05) is 0 Å². The van der Waals surface area contributed by atoms with Gasteiger partial charge in [-0.25, -0.2) is 0 Å². The highest BCUT2D eigenvalue weighted by molar-refractivity contribution is 9.10. The molecule has 1 heterocycles. The molecular formula is C6H7BrO2. The standard InChI is InChI=1S/C6H7BrO2/c1-4-6(7)2-5(3-8)9-4/h2,8H,3H2,1H3. The van der Waals surface area contributed by atoms with Crippen molar-refractivity contribution < 1.29 is 9.52 Å². The predicted octanol–water partition coefficient (Wildman–Crippen LogP) is 1.84. The SMILES string of the molecule is Cc1oc(CO)cc1Br. The van der Waals surface area contributed by atoms with E-state index in [0.29, 0.717) is 5.76 Å². The van der Waals surface area contributed by atoms with Crippen LogP contribution in [0.5, 0.6) is 0 Å². The molecule has 0 unspecified atom stereocenters. The molecule has 0 aromatic carbocycles. The monoisotopic (exact) mass is 190 g/mol. The number of aliphatic hydroxyl groups is 1. The van der Waals surface area contributed by atoms with Crippen LogP contribution in [0.25, 0.3) is 0 Å². The lowest BCUT2D eigenvalue weighted by molar-refractivity contribution is 0.245. The van der Waals surface area contributed by atoms with Crippen LogP contribution in [0.3, 0.4) is 0 Å². The minimum absolute atomic E-state index is 0.0353. The van der Waals surface area contributed by atoms with Gasteiger partial charge in [-0.2, -0.15) is 0 Å². The molecule has 1 N–H and O–H groups in total. The number of rotatable bonds is 1. The van der Waals surface area contributed by atoms with E-state index < -0.39 is 0 Å². The molecule has 0 saturated carbocycles. The Bertz CT molecular complexity index is 185. The zero-order valence-electron chi connectivity index (χ0n) is 5.02. The summed E-state index contributed by atoms with van der Waals surface area (Å²) in [6.45, 7) is 1.80. The lowest BCUT2D eigenvalue weighted by Gasteiger charge is -1.83. The molecule has 0 spiro atoms. The van der Waals surface area contributed by atoms with Gasteiger partial charge in [0.15, 0.2) is 0 Å². The van der Waals surface area contributed by atoms with E-state index in [-0.39, 0.29) is 6.61 Å². The van der Waals surface area contributed by atoms with Gasteiger partial charge < -0.3 is 9.52 Å². The van der Waals surface area contributed by atoms with Crippen LogP contribution < -0.4 is 0 Å². The molecule has 0 bridgehead atoms. The molecule has 2 nitrogen and oxygen atoms in total. The Kier molecular flexibility index (Phi) is 1.93. The van der Waals surface area contributed by atoms with E-state index in [1.54, 1.807) is 6.07 Å². The van der Waals surface area contributed by atoms with E-state index in [1.807, 2.05) is 6.92 Å². The fourth-order valence-electron chi connectivity index (χ4n) is 0.596. The van der Waals surface area contributed by atoms with Gasteiger partial charge in [0.1, 0.15) is 18.1 Å². The molecule has 9 heavy (non-hydrogen) atoms. The fraction of sp³-hybridized carbons (Fsp3) is 0.333. The Morgan fingerprint density at radius 3 is 2.67 bits per heavy atom. The summed E-state index contributed by atoms with van der Waals surface area (Å²) in [4.78, 5) is 0. The number of aliphatic hydroxyl groups excluding tert-OH is 1. The minimum Gasteiger partial charge on any atom is -0.463 e. The quantitative estimate of drug-likeness (QED) is 0.734. The van der Waals surface area contributed by atoms with Crippen LogP contribution in [0.2, 0.25) is 0 Å². The van der Waals surface area contributed by atoms with Crippen molar-refractivity contribution in [3.8, 4) is 0 Å². The van der Waals surface area contributed by atoms with Gasteiger partial charge in [-0.1, -0.05) is 0 Å². The van der Waals surface area contributed by atoms with E-state index in [2.05, 4.69) is 15.9 Å². The molecule has 1 rings (SSSR count). The van der Waals surface area contributed by atoms with Gasteiger partial charge >= 0.3 is 0 Å². The molecule has 0 aliphatic rings. The molecule has 0 radical (unpaired) electrons. The first kappa shape index (κ1) is 6.83. The van der Waals surface area contributed by atoms with Crippen molar-refractivity contribution in [2.24, 2.45) is 0 Å². The number of hydrogen-bond donors (Lipinski definition) is 1. The second-order valence-electron chi connectivity index (χ2n) is 1.77. The fourth-order valence-corrected chi connectivity index (χ4v) is 0.932. The third-order valence-electron chi connectivity index (χ3n) is 1.06. The van der Waals surface area contributed by atoms with Crippen molar-refractivity contribution in [3.05, 3.63) is 22.1 Å². The smallest absolute Gasteiger partial charge is 0.130 e. The van der Waals surface area contributed by atoms with Crippen LogP contribution >= 0.6 is 15.9 Å². The maximum absolute atomic E-state index is 8.56. The van der Waals surface area contributed by atoms with Gasteiger partial charge in [-0.3, -0.25) is 0 Å². The molecule has 0 atom stereocenters. The van der Waals surface area contributed by atoms with Crippen LogP contribution in [0.4, 0.5) is 0 Å². The minimum atomic E-state index is -0.0353. The summed E-state index contributed by atoms with van der Waals surface area (Å²) in [5, 5.41) is 8.56. The van der Waals surface area contributed by atoms with Crippen molar-refractivity contribution in [1.29, 1.82) is 0 Å². The summed E-state index contributed by atoms with van der Waals surface area (Å²) in [5.74, 6) is 1.40. The maximum Gasteiger partial charge on any atom is 0.130 e. The Labute approximate surface area is 61.6 Å². The van der Waals surface area contributed by atoms with Crippen molar-refractivity contribution in [1.82, 2.24) is 0 Å². The third-order valence-corrected chi connectivity index (χ3v) is 1.85. The lowest BCUT2D eigenvalue weighted by Crippen LogP contribution is -1.73. The van der Waals surface area contributed by atoms with Crippen molar-refractivity contribution >= 4 is 15.9 Å². The van der Waals surface area contributed by atoms with Crippen molar-refractivity contribution in [3.63, 3.8) is 0 Å². The van der Waals surface area contributed by atoms with E-state index in [9.17, 15) is 0 Å². The van der Waals surface area contributed by atoms with Crippen LogP contribution in [-0.4, -0.2) is 5.11 Å². The molecule has 3 heteroatoms. The van der Waals surface area contributed by atoms with E-state index in [0.717, 1.165) is 10.2 Å². The number of halogens is 1. The summed E-state index contributed by atoms with van der Waals surface area (Å²) in [7, 11) is 0. The number of hydrogen-bond acceptors (Lipinski definition) is 2. The van der Waals surface area contributed by atoms with Gasteiger partial charge in [0, 0.05) is 0 Å². The largest absolute Gasteiger partial charge is 0.463 e. The van der Waals surface area contributed by atoms with Gasteiger partial charge in [0.2, 0.25) is 0 Å². The second-order valence-corrected chi connectivity index (χ2v) is 2.63. The number of aryl methyl sites for hydroxylation is 1. The lowest BCUT2D eigenvalue weighted by atomic mass is 10.4. The Morgan fingerprint density at radius 2 is 2.44 bits per heavy atom. The first-order chi connectivity index (χ1) is 4.24. The predicted molar refractivity (Wildman–Crippen MR) is 37.1 cm³/mol. The summed E-state index contributed by atoms with van der Waals surface area (Å²) in [5.41, 5.74) is 0. The molecule has 0 saturated heterocycles. The van der Waals surface area contributed by atoms with Gasteiger partial charge in [0.05, 0.1) is 4.47 Å². The molecular weight excluding hydrogens is 184 g/mol. The Hall–Kier alpha value is -0.280. The van der Waals surface area contributed by atoms with Gasteiger partial charge in [-0.15, -0.1) is 0 Å². The van der Waals surface area contributed by atoms with E-state index in [1.165, 1.54) is 0 Å². The average Bonchev–Trinajstić information content (AvgIpc) is 2.13. The highest BCUT2D eigenvalue weighted by Crippen LogP contribution is 2.19. The molecule has 1 aromatic rings. The highest BCUT2D eigenvalue weighted by atomic mass is 79.9. The maximum atomic E-state index is 8.56. The zero-order valence-corrected chi connectivity index (χ0v) is 6.60. The topological polar surface area (TPSA) is 33.4 Å². The normalized spacial score (nSPS) is 10.1. The summed E-state index contributed by atoms with van der Waals surface area (Å²) in [6, 6.07) is 1.76. The summed E-state index contributed by atoms with van der Waals surface area (Å²) in [6.07, 6.45) is 0.